The second kappa shape index (κ2) is 7.18. The quantitative estimate of drug-likeness (QED) is 0.392. The number of nitrogens with one attached hydrogen (secondary N) is 1. The molecule has 0 amide bonds. The summed E-state index contributed by atoms with van der Waals surface area (Å²) in [6, 6.07) is 0. The molecule has 80 valence electrons. The van der Waals surface area contributed by atoms with Gasteiger partial charge in [0.2, 0.25) is 0 Å². The standard InChI is InChI=1S/C11H19NO2/c1-5-6-7-10(8-12-4)11(13)14-9(2)3/h5-6,8-9,13H,7H2,1-4H3/p+1/b6-5-,11-10?,12-8?. The van der Waals surface area contributed by atoms with E-state index in [1.165, 1.54) is 0 Å². The SMILES string of the molecule is C/C=C\CC(C=[NH+]C)=C(O)OC(C)C. The summed E-state index contributed by atoms with van der Waals surface area (Å²) in [5, 5.41) is 9.59. The lowest BCUT2D eigenvalue weighted by Crippen LogP contribution is -2.63. The highest BCUT2D eigenvalue weighted by Crippen LogP contribution is 2.08. The van der Waals surface area contributed by atoms with Gasteiger partial charge in [-0.25, -0.2) is 0 Å². The highest BCUT2D eigenvalue weighted by atomic mass is 16.6. The third-order valence-electron chi connectivity index (χ3n) is 1.51. The van der Waals surface area contributed by atoms with Gasteiger partial charge in [-0.3, -0.25) is 4.99 Å². The molecule has 0 saturated carbocycles. The minimum atomic E-state index is -0.0131. The zero-order valence-corrected chi connectivity index (χ0v) is 9.37. The summed E-state index contributed by atoms with van der Waals surface area (Å²) in [5.74, 6) is -0.00699. The van der Waals surface area contributed by atoms with Crippen molar-refractivity contribution < 1.29 is 14.8 Å². The number of aliphatic hydroxyl groups excluding tert-OH is 1. The minimum Gasteiger partial charge on any atom is -0.481 e. The van der Waals surface area contributed by atoms with Crippen LogP contribution in [0.1, 0.15) is 27.2 Å². The molecule has 0 aromatic heterocycles. The number of allylic oxidation sites excluding steroid dienone is 3. The topological polar surface area (TPSA) is 43.4 Å². The van der Waals surface area contributed by atoms with Crippen LogP contribution in [0.2, 0.25) is 0 Å². The molecule has 3 nitrogen and oxygen atoms in total. The highest BCUT2D eigenvalue weighted by molar-refractivity contribution is 5.74. The van der Waals surface area contributed by atoms with Crippen molar-refractivity contribution in [1.82, 2.24) is 0 Å². The van der Waals surface area contributed by atoms with Crippen LogP contribution >= 0.6 is 0 Å². The van der Waals surface area contributed by atoms with Crippen molar-refractivity contribution in [3.8, 4) is 0 Å². The van der Waals surface area contributed by atoms with Gasteiger partial charge in [-0.05, 0) is 20.8 Å². The van der Waals surface area contributed by atoms with Gasteiger partial charge in [0, 0.05) is 6.42 Å². The molecule has 0 fully saturated rings. The molecule has 2 N–H and O–H groups in total. The fraction of sp³-hybridized carbons (Fsp3) is 0.545. The molecule has 0 saturated heterocycles. The van der Waals surface area contributed by atoms with Gasteiger partial charge < -0.3 is 9.84 Å². The normalized spacial score (nSPS) is 14.1. The second-order valence-electron chi connectivity index (χ2n) is 3.20. The summed E-state index contributed by atoms with van der Waals surface area (Å²) in [6.07, 6.45) is 6.28. The van der Waals surface area contributed by atoms with E-state index in [2.05, 4.69) is 4.99 Å². The van der Waals surface area contributed by atoms with Crippen molar-refractivity contribution in [3.05, 3.63) is 23.7 Å². The van der Waals surface area contributed by atoms with E-state index in [1.54, 1.807) is 13.3 Å². The number of rotatable bonds is 5. The highest BCUT2D eigenvalue weighted by Gasteiger charge is 2.07. The Hall–Kier alpha value is -1.25. The van der Waals surface area contributed by atoms with Crippen LogP contribution in [0.4, 0.5) is 0 Å². The molecule has 0 radical (unpaired) electrons. The van der Waals surface area contributed by atoms with E-state index in [0.29, 0.717) is 6.42 Å². The Kier molecular flexibility index (Phi) is 6.54. The molecule has 0 aromatic carbocycles. The minimum absolute atomic E-state index is 0.00699. The van der Waals surface area contributed by atoms with E-state index in [4.69, 9.17) is 4.74 Å². The Morgan fingerprint density at radius 2 is 2.14 bits per heavy atom. The lowest BCUT2D eigenvalue weighted by molar-refractivity contribution is -0.413. The molecule has 0 aromatic rings. The first-order valence-corrected chi connectivity index (χ1v) is 4.82. The third kappa shape index (κ3) is 5.41. The van der Waals surface area contributed by atoms with E-state index in [1.807, 2.05) is 32.9 Å². The van der Waals surface area contributed by atoms with Gasteiger partial charge in [-0.15, -0.1) is 0 Å². The average molecular weight is 198 g/mol. The van der Waals surface area contributed by atoms with Gasteiger partial charge >= 0.3 is 0 Å². The Morgan fingerprint density at radius 1 is 1.50 bits per heavy atom. The fourth-order valence-electron chi connectivity index (χ4n) is 0.926. The molecule has 0 rings (SSSR count). The first-order chi connectivity index (χ1) is 6.61. The van der Waals surface area contributed by atoms with E-state index in [0.717, 1.165) is 5.57 Å². The number of hydrogen-bond donors (Lipinski definition) is 2. The molecule has 3 heteroatoms. The molecule has 0 bridgehead atoms. The maximum atomic E-state index is 9.59. The Bertz CT molecular complexity index is 240. The Balaban J connectivity index is 4.57. The van der Waals surface area contributed by atoms with Crippen molar-refractivity contribution in [1.29, 1.82) is 0 Å². The number of aliphatic hydroxyl groups is 1. The number of ether oxygens (including phenoxy) is 1. The maximum absolute atomic E-state index is 9.59. The summed E-state index contributed by atoms with van der Waals surface area (Å²) in [5.41, 5.74) is 0.749. The zero-order chi connectivity index (χ0) is 11.0. The average Bonchev–Trinajstić information content (AvgIpc) is 2.10. The maximum Gasteiger partial charge on any atom is 0.286 e. The Morgan fingerprint density at radius 3 is 2.57 bits per heavy atom. The van der Waals surface area contributed by atoms with Gasteiger partial charge in [0.1, 0.15) is 7.05 Å². The van der Waals surface area contributed by atoms with Crippen LogP contribution < -0.4 is 4.99 Å². The summed E-state index contributed by atoms with van der Waals surface area (Å²) < 4.78 is 5.19. The predicted octanol–water partition coefficient (Wildman–Crippen LogP) is 0.928. The third-order valence-corrected chi connectivity index (χ3v) is 1.51. The first kappa shape index (κ1) is 12.8. The van der Waals surface area contributed by atoms with Gasteiger partial charge in [-0.1, -0.05) is 12.2 Å². The van der Waals surface area contributed by atoms with Crippen LogP contribution in [-0.2, 0) is 4.74 Å². The van der Waals surface area contributed by atoms with Gasteiger partial charge in [0.15, 0.2) is 6.21 Å². The molecular formula is C11H20NO2+. The summed E-state index contributed by atoms with van der Waals surface area (Å²) in [6.45, 7) is 5.70. The lowest BCUT2D eigenvalue weighted by Gasteiger charge is -2.09. The molecule has 0 heterocycles. The first-order valence-electron chi connectivity index (χ1n) is 4.82. The van der Waals surface area contributed by atoms with E-state index >= 15 is 0 Å². The Labute approximate surface area is 85.8 Å². The van der Waals surface area contributed by atoms with Gasteiger partial charge in [0.05, 0.1) is 11.7 Å². The predicted molar refractivity (Wildman–Crippen MR) is 58.3 cm³/mol. The van der Waals surface area contributed by atoms with E-state index in [-0.39, 0.29) is 12.0 Å². The van der Waals surface area contributed by atoms with Crippen LogP contribution in [0, 0.1) is 0 Å². The van der Waals surface area contributed by atoms with E-state index < -0.39 is 0 Å². The zero-order valence-electron chi connectivity index (χ0n) is 9.37. The molecule has 0 aliphatic heterocycles. The largest absolute Gasteiger partial charge is 0.481 e. The molecule has 0 unspecified atom stereocenters. The monoisotopic (exact) mass is 198 g/mol. The smallest absolute Gasteiger partial charge is 0.286 e. The molecular weight excluding hydrogens is 178 g/mol. The fourth-order valence-corrected chi connectivity index (χ4v) is 0.926. The van der Waals surface area contributed by atoms with Gasteiger partial charge in [-0.2, -0.15) is 0 Å². The molecule has 0 aliphatic carbocycles. The van der Waals surface area contributed by atoms with Crippen molar-refractivity contribution in [2.24, 2.45) is 0 Å². The molecule has 0 aliphatic rings. The van der Waals surface area contributed by atoms with Gasteiger partial charge in [0.25, 0.3) is 5.95 Å². The van der Waals surface area contributed by atoms with E-state index in [9.17, 15) is 5.11 Å². The van der Waals surface area contributed by atoms with Crippen molar-refractivity contribution in [2.45, 2.75) is 33.3 Å². The summed E-state index contributed by atoms with van der Waals surface area (Å²) >= 11 is 0. The number of hydrogen-bond acceptors (Lipinski definition) is 2. The van der Waals surface area contributed by atoms with Crippen LogP contribution in [0.3, 0.4) is 0 Å². The van der Waals surface area contributed by atoms with Crippen molar-refractivity contribution in [3.63, 3.8) is 0 Å². The van der Waals surface area contributed by atoms with Crippen LogP contribution in [0.5, 0.6) is 0 Å². The van der Waals surface area contributed by atoms with Crippen molar-refractivity contribution >= 4 is 6.21 Å². The second-order valence-corrected chi connectivity index (χ2v) is 3.20. The molecule has 0 spiro atoms. The molecule has 0 atom stereocenters. The summed E-state index contributed by atoms with van der Waals surface area (Å²) in [7, 11) is 1.79. The van der Waals surface area contributed by atoms with Crippen LogP contribution in [0.15, 0.2) is 23.7 Å². The lowest BCUT2D eigenvalue weighted by atomic mass is 10.2. The summed E-state index contributed by atoms with van der Waals surface area (Å²) in [4.78, 5) is 2.87. The molecule has 14 heavy (non-hydrogen) atoms. The van der Waals surface area contributed by atoms with Crippen molar-refractivity contribution in [2.75, 3.05) is 7.05 Å². The van der Waals surface area contributed by atoms with Crippen LogP contribution in [-0.4, -0.2) is 24.5 Å². The van der Waals surface area contributed by atoms with Crippen LogP contribution in [0.25, 0.3) is 0 Å².